The van der Waals surface area contributed by atoms with E-state index in [1.165, 1.54) is 6.21 Å². The summed E-state index contributed by atoms with van der Waals surface area (Å²) in [5.74, 6) is -0.748. The number of benzene rings is 2. The van der Waals surface area contributed by atoms with Gasteiger partial charge in [-0.2, -0.15) is 5.10 Å². The molecule has 0 radical (unpaired) electrons. The van der Waals surface area contributed by atoms with Gasteiger partial charge in [0, 0.05) is 29.2 Å². The molecule has 1 aliphatic rings. The number of para-hydroxylation sites is 1. The molecule has 0 saturated carbocycles. The first-order chi connectivity index (χ1) is 11.6. The molecular weight excluding hydrogens is 326 g/mol. The predicted molar refractivity (Wildman–Crippen MR) is 94.1 cm³/mol. The molecule has 2 aromatic rings. The second-order valence-corrected chi connectivity index (χ2v) is 5.90. The van der Waals surface area contributed by atoms with Crippen LogP contribution in [0.3, 0.4) is 0 Å². The molecule has 0 aromatic heterocycles. The maximum atomic E-state index is 12.2. The lowest BCUT2D eigenvalue weighted by Crippen LogP contribution is -2.30. The molecular formula is C18H16ClN3O2. The molecule has 6 heteroatoms. The van der Waals surface area contributed by atoms with E-state index < -0.39 is 5.92 Å². The third-order valence-electron chi connectivity index (χ3n) is 3.85. The van der Waals surface area contributed by atoms with Crippen molar-refractivity contribution < 1.29 is 9.59 Å². The van der Waals surface area contributed by atoms with Crippen LogP contribution in [-0.4, -0.2) is 24.6 Å². The average molecular weight is 342 g/mol. The molecule has 122 valence electrons. The monoisotopic (exact) mass is 341 g/mol. The van der Waals surface area contributed by atoms with Gasteiger partial charge in [-0.3, -0.25) is 9.59 Å². The molecule has 0 aliphatic carbocycles. The van der Waals surface area contributed by atoms with Gasteiger partial charge in [0.1, 0.15) is 0 Å². The highest BCUT2D eigenvalue weighted by atomic mass is 35.5. The number of hydrogen-bond acceptors (Lipinski definition) is 3. The number of amides is 2. The second-order valence-electron chi connectivity index (χ2n) is 5.50. The van der Waals surface area contributed by atoms with E-state index in [-0.39, 0.29) is 18.2 Å². The molecule has 24 heavy (non-hydrogen) atoms. The normalized spacial score (nSPS) is 17.5. The summed E-state index contributed by atoms with van der Waals surface area (Å²) in [5, 5.41) is 4.49. The highest BCUT2D eigenvalue weighted by molar-refractivity contribution is 6.33. The topological polar surface area (TPSA) is 61.8 Å². The van der Waals surface area contributed by atoms with Gasteiger partial charge in [-0.1, -0.05) is 48.0 Å². The first kappa shape index (κ1) is 16.2. The van der Waals surface area contributed by atoms with E-state index >= 15 is 0 Å². The molecule has 3 rings (SSSR count). The number of carbonyl (C=O) groups excluding carboxylic acids is 2. The predicted octanol–water partition coefficient (Wildman–Crippen LogP) is 2.84. The molecule has 0 spiro atoms. The lowest BCUT2D eigenvalue weighted by atomic mass is 10.1. The van der Waals surface area contributed by atoms with E-state index in [0.717, 1.165) is 5.69 Å². The number of rotatable bonds is 4. The Morgan fingerprint density at radius 1 is 1.17 bits per heavy atom. The fourth-order valence-electron chi connectivity index (χ4n) is 2.58. The van der Waals surface area contributed by atoms with Crippen LogP contribution in [0, 0.1) is 5.92 Å². The minimum Gasteiger partial charge on any atom is -0.312 e. The minimum absolute atomic E-state index is 0.0589. The van der Waals surface area contributed by atoms with Crippen LogP contribution in [0.15, 0.2) is 59.7 Å². The first-order valence-corrected chi connectivity index (χ1v) is 7.96. The first-order valence-electron chi connectivity index (χ1n) is 7.58. The van der Waals surface area contributed by atoms with Gasteiger partial charge < -0.3 is 4.90 Å². The molecule has 5 nitrogen and oxygen atoms in total. The number of nitrogens with one attached hydrogen (secondary N) is 1. The van der Waals surface area contributed by atoms with Gasteiger partial charge in [0.15, 0.2) is 0 Å². The molecule has 2 amide bonds. The van der Waals surface area contributed by atoms with Crippen LogP contribution in [0.5, 0.6) is 0 Å². The van der Waals surface area contributed by atoms with Crippen molar-refractivity contribution in [2.45, 2.75) is 6.42 Å². The Morgan fingerprint density at radius 3 is 2.62 bits per heavy atom. The highest BCUT2D eigenvalue weighted by Gasteiger charge is 2.34. The van der Waals surface area contributed by atoms with Crippen LogP contribution in [-0.2, 0) is 9.59 Å². The van der Waals surface area contributed by atoms with E-state index in [4.69, 9.17) is 11.6 Å². The van der Waals surface area contributed by atoms with Crippen molar-refractivity contribution in [3.63, 3.8) is 0 Å². The van der Waals surface area contributed by atoms with Gasteiger partial charge in [-0.05, 0) is 18.2 Å². The summed E-state index contributed by atoms with van der Waals surface area (Å²) in [6.07, 6.45) is 1.67. The second kappa shape index (κ2) is 7.27. The summed E-state index contributed by atoms with van der Waals surface area (Å²) in [5.41, 5.74) is 4.00. The van der Waals surface area contributed by atoms with E-state index in [2.05, 4.69) is 10.5 Å². The maximum absolute atomic E-state index is 12.2. The smallest absolute Gasteiger partial charge is 0.245 e. The van der Waals surface area contributed by atoms with E-state index in [9.17, 15) is 9.59 Å². The average Bonchev–Trinajstić information content (AvgIpc) is 2.99. The van der Waals surface area contributed by atoms with Crippen molar-refractivity contribution >= 4 is 35.3 Å². The maximum Gasteiger partial charge on any atom is 0.245 e. The summed E-state index contributed by atoms with van der Waals surface area (Å²) in [4.78, 5) is 26.0. The van der Waals surface area contributed by atoms with Crippen LogP contribution in [0.1, 0.15) is 12.0 Å². The van der Waals surface area contributed by atoms with Gasteiger partial charge in [0.25, 0.3) is 0 Å². The Bertz CT molecular complexity index is 777. The molecule has 2 aromatic carbocycles. The zero-order valence-electron chi connectivity index (χ0n) is 12.9. The van der Waals surface area contributed by atoms with Crippen LogP contribution in [0.4, 0.5) is 5.69 Å². The fraction of sp³-hybridized carbons (Fsp3) is 0.167. The molecule has 1 N–H and O–H groups in total. The highest BCUT2D eigenvalue weighted by Crippen LogP contribution is 2.24. The number of hydrogen-bond donors (Lipinski definition) is 1. The third-order valence-corrected chi connectivity index (χ3v) is 4.19. The van der Waals surface area contributed by atoms with Crippen LogP contribution >= 0.6 is 11.6 Å². The number of anilines is 1. The van der Waals surface area contributed by atoms with Gasteiger partial charge in [0.05, 0.1) is 12.1 Å². The standard InChI is InChI=1S/C18H16ClN3O2/c19-16-9-5-4-6-13(16)11-20-21-18(24)14-10-17(23)22(12-14)15-7-2-1-3-8-15/h1-9,11,14H,10,12H2,(H,21,24)/b20-11-/t14-/m0/s1. The van der Waals surface area contributed by atoms with Gasteiger partial charge in [-0.15, -0.1) is 0 Å². The summed E-state index contributed by atoms with van der Waals surface area (Å²) >= 11 is 6.02. The van der Waals surface area contributed by atoms with Crippen molar-refractivity contribution in [1.29, 1.82) is 0 Å². The van der Waals surface area contributed by atoms with Crippen molar-refractivity contribution in [2.75, 3.05) is 11.4 Å². The van der Waals surface area contributed by atoms with Crippen molar-refractivity contribution in [2.24, 2.45) is 11.0 Å². The Labute approximate surface area is 144 Å². The summed E-state index contributed by atoms with van der Waals surface area (Å²) in [6, 6.07) is 16.5. The van der Waals surface area contributed by atoms with E-state index in [1.54, 1.807) is 17.0 Å². The number of halogens is 1. The van der Waals surface area contributed by atoms with Crippen LogP contribution < -0.4 is 10.3 Å². The van der Waals surface area contributed by atoms with Crippen molar-refractivity contribution in [3.05, 3.63) is 65.2 Å². The van der Waals surface area contributed by atoms with Crippen LogP contribution in [0.2, 0.25) is 5.02 Å². The Morgan fingerprint density at radius 2 is 1.88 bits per heavy atom. The number of nitrogens with zero attached hydrogens (tertiary/aromatic N) is 2. The zero-order chi connectivity index (χ0) is 16.9. The Hall–Kier alpha value is -2.66. The minimum atomic E-state index is -0.416. The van der Waals surface area contributed by atoms with Gasteiger partial charge in [0.2, 0.25) is 11.8 Å². The fourth-order valence-corrected chi connectivity index (χ4v) is 2.76. The molecule has 1 fully saturated rings. The largest absolute Gasteiger partial charge is 0.312 e. The van der Waals surface area contributed by atoms with E-state index in [1.807, 2.05) is 42.5 Å². The lowest BCUT2D eigenvalue weighted by Gasteiger charge is -2.16. The summed E-state index contributed by atoms with van der Waals surface area (Å²) < 4.78 is 0. The molecule has 1 atom stereocenters. The van der Waals surface area contributed by atoms with Gasteiger partial charge in [-0.25, -0.2) is 5.43 Å². The quantitative estimate of drug-likeness (QED) is 0.686. The third kappa shape index (κ3) is 3.63. The van der Waals surface area contributed by atoms with Gasteiger partial charge >= 0.3 is 0 Å². The Kier molecular flexibility index (Phi) is 4.91. The Balaban J connectivity index is 1.60. The number of hydrazone groups is 1. The van der Waals surface area contributed by atoms with E-state index in [0.29, 0.717) is 17.1 Å². The summed E-state index contributed by atoms with van der Waals surface area (Å²) in [6.45, 7) is 0.357. The zero-order valence-corrected chi connectivity index (χ0v) is 13.6. The molecule has 1 aliphatic heterocycles. The number of carbonyl (C=O) groups is 2. The summed E-state index contributed by atoms with van der Waals surface area (Å²) in [7, 11) is 0. The molecule has 1 saturated heterocycles. The lowest BCUT2D eigenvalue weighted by molar-refractivity contribution is -0.126. The molecule has 0 bridgehead atoms. The van der Waals surface area contributed by atoms with Crippen molar-refractivity contribution in [3.8, 4) is 0 Å². The molecule has 0 unspecified atom stereocenters. The molecule has 1 heterocycles. The van der Waals surface area contributed by atoms with Crippen molar-refractivity contribution in [1.82, 2.24) is 5.43 Å². The van der Waals surface area contributed by atoms with Crippen LogP contribution in [0.25, 0.3) is 0 Å². The SMILES string of the molecule is O=C(N/N=C\c1ccccc1Cl)[C@H]1CC(=O)N(c2ccccc2)C1.